The third-order valence-electron chi connectivity index (χ3n) is 1.86. The van der Waals surface area contributed by atoms with Gasteiger partial charge in [-0.3, -0.25) is 0 Å². The van der Waals surface area contributed by atoms with E-state index in [2.05, 4.69) is 9.59 Å². The van der Waals surface area contributed by atoms with Crippen LogP contribution in [0.15, 0.2) is 0 Å². The minimum Gasteiger partial charge on any atom is -0.323 e. The monoisotopic (exact) mass is 155 g/mol. The Morgan fingerprint density at radius 3 is 3.30 bits per heavy atom. The first kappa shape index (κ1) is 6.24. The number of aryl methyl sites for hydroxylation is 1. The van der Waals surface area contributed by atoms with Crippen molar-refractivity contribution in [3.05, 3.63) is 10.6 Å². The molecule has 0 amide bonds. The molecule has 10 heavy (non-hydrogen) atoms. The molecule has 0 radical (unpaired) electrons. The van der Waals surface area contributed by atoms with Crippen LogP contribution in [0.4, 0.5) is 0 Å². The topological polar surface area (TPSA) is 51.8 Å². The molecule has 1 aromatic heterocycles. The fraction of sp³-hybridized carbons (Fsp3) is 0.667. The van der Waals surface area contributed by atoms with Crippen LogP contribution < -0.4 is 5.73 Å². The van der Waals surface area contributed by atoms with Crippen molar-refractivity contribution in [2.75, 3.05) is 0 Å². The highest BCUT2D eigenvalue weighted by atomic mass is 32.1. The minimum absolute atomic E-state index is 0.155. The van der Waals surface area contributed by atoms with Gasteiger partial charge in [-0.2, -0.15) is 0 Å². The summed E-state index contributed by atoms with van der Waals surface area (Å²) in [6, 6.07) is 0.155. The molecule has 0 bridgehead atoms. The number of fused-ring (bicyclic) bond motifs is 1. The van der Waals surface area contributed by atoms with Crippen molar-refractivity contribution in [1.29, 1.82) is 0 Å². The van der Waals surface area contributed by atoms with E-state index in [4.69, 9.17) is 5.73 Å². The van der Waals surface area contributed by atoms with Crippen LogP contribution in [0.5, 0.6) is 0 Å². The molecule has 1 unspecified atom stereocenters. The van der Waals surface area contributed by atoms with Gasteiger partial charge >= 0.3 is 0 Å². The van der Waals surface area contributed by atoms with Crippen molar-refractivity contribution in [3.63, 3.8) is 0 Å². The summed E-state index contributed by atoms with van der Waals surface area (Å²) in [6.07, 6.45) is 3.39. The van der Waals surface area contributed by atoms with Gasteiger partial charge in [0.1, 0.15) is 0 Å². The van der Waals surface area contributed by atoms with Gasteiger partial charge in [0.15, 0.2) is 0 Å². The first-order valence-electron chi connectivity index (χ1n) is 3.44. The van der Waals surface area contributed by atoms with Crippen LogP contribution in [-0.4, -0.2) is 9.59 Å². The quantitative estimate of drug-likeness (QED) is 0.605. The van der Waals surface area contributed by atoms with E-state index in [0.717, 1.165) is 18.5 Å². The lowest BCUT2D eigenvalue weighted by atomic mass is 9.99. The smallest absolute Gasteiger partial charge is 0.0954 e. The molecule has 1 aliphatic carbocycles. The highest BCUT2D eigenvalue weighted by Crippen LogP contribution is 2.27. The molecular formula is C6H9N3S. The second-order valence-corrected chi connectivity index (χ2v) is 3.42. The van der Waals surface area contributed by atoms with Gasteiger partial charge in [-0.25, -0.2) is 0 Å². The van der Waals surface area contributed by atoms with Gasteiger partial charge in [-0.1, -0.05) is 4.49 Å². The molecule has 4 heteroatoms. The molecule has 0 saturated heterocycles. The molecule has 0 spiro atoms. The molecule has 1 aliphatic rings. The van der Waals surface area contributed by atoms with Gasteiger partial charge in [-0.05, 0) is 30.8 Å². The summed E-state index contributed by atoms with van der Waals surface area (Å²) in [5, 5.41) is 3.98. The fourth-order valence-corrected chi connectivity index (χ4v) is 2.04. The molecule has 0 fully saturated rings. The van der Waals surface area contributed by atoms with Crippen molar-refractivity contribution < 1.29 is 0 Å². The van der Waals surface area contributed by atoms with E-state index in [1.807, 2.05) is 0 Å². The maximum atomic E-state index is 5.79. The summed E-state index contributed by atoms with van der Waals surface area (Å²) >= 11 is 1.49. The molecule has 54 valence electrons. The number of nitrogens with two attached hydrogens (primary N) is 1. The Morgan fingerprint density at radius 1 is 1.60 bits per heavy atom. The summed E-state index contributed by atoms with van der Waals surface area (Å²) in [5.74, 6) is 0. The van der Waals surface area contributed by atoms with E-state index in [9.17, 15) is 0 Å². The fourth-order valence-electron chi connectivity index (χ4n) is 1.29. The van der Waals surface area contributed by atoms with Crippen molar-refractivity contribution in [1.82, 2.24) is 9.59 Å². The van der Waals surface area contributed by atoms with E-state index in [0.29, 0.717) is 0 Å². The van der Waals surface area contributed by atoms with Gasteiger partial charge in [0.2, 0.25) is 0 Å². The second-order valence-electron chi connectivity index (χ2n) is 2.58. The van der Waals surface area contributed by atoms with Crippen molar-refractivity contribution in [2.45, 2.75) is 25.3 Å². The number of aromatic nitrogens is 2. The SMILES string of the molecule is NC1CCCc2snnc21. The van der Waals surface area contributed by atoms with Crippen molar-refractivity contribution in [2.24, 2.45) is 5.73 Å². The van der Waals surface area contributed by atoms with E-state index >= 15 is 0 Å². The predicted octanol–water partition coefficient (Wildman–Crippen LogP) is 0.874. The second kappa shape index (κ2) is 2.29. The molecule has 0 saturated carbocycles. The van der Waals surface area contributed by atoms with Gasteiger partial charge in [0.05, 0.1) is 16.6 Å². The normalized spacial score (nSPS) is 24.3. The standard InChI is InChI=1S/C6H9N3S/c7-4-2-1-3-5-6(4)8-9-10-5/h4H,1-3,7H2. The van der Waals surface area contributed by atoms with E-state index < -0.39 is 0 Å². The average Bonchev–Trinajstić information content (AvgIpc) is 2.36. The Bertz CT molecular complexity index is 233. The summed E-state index contributed by atoms with van der Waals surface area (Å²) in [6.45, 7) is 0. The summed E-state index contributed by atoms with van der Waals surface area (Å²) < 4.78 is 3.87. The zero-order valence-electron chi connectivity index (χ0n) is 5.58. The zero-order chi connectivity index (χ0) is 6.97. The first-order chi connectivity index (χ1) is 4.88. The zero-order valence-corrected chi connectivity index (χ0v) is 6.40. The van der Waals surface area contributed by atoms with Crippen LogP contribution in [0, 0.1) is 0 Å². The molecule has 0 aromatic carbocycles. The summed E-state index contributed by atoms with van der Waals surface area (Å²) in [5.41, 5.74) is 6.83. The minimum atomic E-state index is 0.155. The third-order valence-corrected chi connectivity index (χ3v) is 2.65. The van der Waals surface area contributed by atoms with E-state index in [1.165, 1.54) is 22.8 Å². The molecule has 2 rings (SSSR count). The maximum absolute atomic E-state index is 5.79. The first-order valence-corrected chi connectivity index (χ1v) is 4.22. The summed E-state index contributed by atoms with van der Waals surface area (Å²) in [7, 11) is 0. The van der Waals surface area contributed by atoms with Gasteiger partial charge in [0.25, 0.3) is 0 Å². The Kier molecular flexibility index (Phi) is 1.43. The van der Waals surface area contributed by atoms with Crippen molar-refractivity contribution in [3.8, 4) is 0 Å². The maximum Gasteiger partial charge on any atom is 0.0954 e. The number of rotatable bonds is 0. The Morgan fingerprint density at radius 2 is 2.50 bits per heavy atom. The van der Waals surface area contributed by atoms with E-state index in [-0.39, 0.29) is 6.04 Å². The Hall–Kier alpha value is -0.480. The van der Waals surface area contributed by atoms with Crippen LogP contribution in [-0.2, 0) is 6.42 Å². The molecule has 0 aliphatic heterocycles. The summed E-state index contributed by atoms with van der Waals surface area (Å²) in [4.78, 5) is 1.29. The molecule has 2 N–H and O–H groups in total. The molecule has 1 atom stereocenters. The van der Waals surface area contributed by atoms with Crippen LogP contribution in [0.2, 0.25) is 0 Å². The average molecular weight is 155 g/mol. The molecular weight excluding hydrogens is 146 g/mol. The number of hydrogen-bond donors (Lipinski definition) is 1. The van der Waals surface area contributed by atoms with Gasteiger partial charge in [0, 0.05) is 0 Å². The lowest BCUT2D eigenvalue weighted by Crippen LogP contribution is -2.16. The lowest BCUT2D eigenvalue weighted by Gasteiger charge is -2.14. The van der Waals surface area contributed by atoms with Gasteiger partial charge < -0.3 is 5.73 Å². The predicted molar refractivity (Wildman–Crippen MR) is 39.8 cm³/mol. The van der Waals surface area contributed by atoms with Crippen LogP contribution in [0.3, 0.4) is 0 Å². The molecule has 3 nitrogen and oxygen atoms in total. The van der Waals surface area contributed by atoms with Crippen LogP contribution in [0.25, 0.3) is 0 Å². The van der Waals surface area contributed by atoms with Crippen molar-refractivity contribution >= 4 is 11.5 Å². The number of hydrogen-bond acceptors (Lipinski definition) is 4. The highest BCUT2D eigenvalue weighted by molar-refractivity contribution is 7.05. The largest absolute Gasteiger partial charge is 0.323 e. The van der Waals surface area contributed by atoms with Crippen LogP contribution >= 0.6 is 11.5 Å². The lowest BCUT2D eigenvalue weighted by molar-refractivity contribution is 0.560. The van der Waals surface area contributed by atoms with Gasteiger partial charge in [-0.15, -0.1) is 5.10 Å². The Labute approximate surface area is 63.4 Å². The molecule has 1 heterocycles. The number of nitrogens with zero attached hydrogens (tertiary/aromatic N) is 2. The third kappa shape index (κ3) is 0.839. The van der Waals surface area contributed by atoms with Crippen LogP contribution in [0.1, 0.15) is 29.5 Å². The molecule has 1 aromatic rings. The highest BCUT2D eigenvalue weighted by Gasteiger charge is 2.19. The van der Waals surface area contributed by atoms with E-state index in [1.54, 1.807) is 0 Å². The Balaban J connectivity index is 2.41.